The predicted octanol–water partition coefficient (Wildman–Crippen LogP) is 4.53. The van der Waals surface area contributed by atoms with Crippen LogP contribution in [0.1, 0.15) is 45.4 Å². The average molecular weight is 272 g/mol. The largest absolute Gasteiger partial charge is 0.385 e. The van der Waals surface area contributed by atoms with Crippen LogP contribution in [-0.2, 0) is 0 Å². The lowest BCUT2D eigenvalue weighted by Gasteiger charge is -2.26. The molecule has 3 rings (SSSR count). The van der Waals surface area contributed by atoms with Gasteiger partial charge in [0.15, 0.2) is 0 Å². The van der Waals surface area contributed by atoms with Crippen LogP contribution in [0.15, 0.2) is 24.3 Å². The summed E-state index contributed by atoms with van der Waals surface area (Å²) in [6.07, 6.45) is 8.33. The van der Waals surface area contributed by atoms with E-state index in [9.17, 15) is 0 Å². The summed E-state index contributed by atoms with van der Waals surface area (Å²) in [5.74, 6) is 1.83. The van der Waals surface area contributed by atoms with Crippen LogP contribution in [0.4, 0.5) is 11.4 Å². The van der Waals surface area contributed by atoms with Crippen LogP contribution in [0.2, 0.25) is 0 Å². The van der Waals surface area contributed by atoms with Gasteiger partial charge >= 0.3 is 0 Å². The van der Waals surface area contributed by atoms with Crippen LogP contribution in [0.25, 0.3) is 0 Å². The molecule has 1 heterocycles. The summed E-state index contributed by atoms with van der Waals surface area (Å²) in [5, 5.41) is 3.67. The van der Waals surface area contributed by atoms with E-state index in [4.69, 9.17) is 0 Å². The first kappa shape index (κ1) is 13.8. The van der Waals surface area contributed by atoms with E-state index in [2.05, 4.69) is 41.4 Å². The number of benzene rings is 1. The van der Waals surface area contributed by atoms with Crippen molar-refractivity contribution in [3.63, 3.8) is 0 Å². The van der Waals surface area contributed by atoms with E-state index >= 15 is 0 Å². The SMILES string of the molecule is CC1CCC(CNc2cccc(N3CCCC3)c2)CC1. The lowest BCUT2D eigenvalue weighted by molar-refractivity contribution is 0.300. The molecule has 1 aromatic rings. The van der Waals surface area contributed by atoms with Crippen molar-refractivity contribution in [2.24, 2.45) is 11.8 Å². The minimum atomic E-state index is 0.877. The van der Waals surface area contributed by atoms with Gasteiger partial charge in [-0.2, -0.15) is 0 Å². The second-order valence-electron chi connectivity index (χ2n) is 6.75. The zero-order chi connectivity index (χ0) is 13.8. The summed E-state index contributed by atoms with van der Waals surface area (Å²) in [5.41, 5.74) is 2.69. The second-order valence-corrected chi connectivity index (χ2v) is 6.75. The van der Waals surface area contributed by atoms with Crippen LogP contribution in [0.3, 0.4) is 0 Å². The van der Waals surface area contributed by atoms with Crippen molar-refractivity contribution in [3.8, 4) is 0 Å². The molecule has 1 aromatic carbocycles. The number of hydrogen-bond acceptors (Lipinski definition) is 2. The summed E-state index contributed by atoms with van der Waals surface area (Å²) in [6, 6.07) is 8.99. The first-order valence-electron chi connectivity index (χ1n) is 8.40. The van der Waals surface area contributed by atoms with Crippen molar-refractivity contribution >= 4 is 11.4 Å². The van der Waals surface area contributed by atoms with Gasteiger partial charge in [-0.15, -0.1) is 0 Å². The molecule has 0 amide bonds. The van der Waals surface area contributed by atoms with Crippen LogP contribution >= 0.6 is 0 Å². The maximum Gasteiger partial charge on any atom is 0.0386 e. The molecule has 1 aliphatic heterocycles. The van der Waals surface area contributed by atoms with E-state index in [1.165, 1.54) is 63.0 Å². The third-order valence-electron chi connectivity index (χ3n) is 5.05. The fourth-order valence-corrected chi connectivity index (χ4v) is 3.58. The summed E-state index contributed by atoms with van der Waals surface area (Å²) >= 11 is 0. The van der Waals surface area contributed by atoms with E-state index in [0.29, 0.717) is 0 Å². The van der Waals surface area contributed by atoms with Gasteiger partial charge in [-0.25, -0.2) is 0 Å². The van der Waals surface area contributed by atoms with Crippen LogP contribution in [-0.4, -0.2) is 19.6 Å². The fraction of sp³-hybridized carbons (Fsp3) is 0.667. The quantitative estimate of drug-likeness (QED) is 0.866. The summed E-state index contributed by atoms with van der Waals surface area (Å²) in [6.45, 7) is 5.99. The predicted molar refractivity (Wildman–Crippen MR) is 87.5 cm³/mol. The third-order valence-corrected chi connectivity index (χ3v) is 5.05. The first-order chi connectivity index (χ1) is 9.81. The second kappa shape index (κ2) is 6.51. The van der Waals surface area contributed by atoms with Crippen molar-refractivity contribution in [2.45, 2.75) is 45.4 Å². The number of rotatable bonds is 4. The zero-order valence-electron chi connectivity index (χ0n) is 12.8. The average Bonchev–Trinajstić information content (AvgIpc) is 3.01. The Bertz CT molecular complexity index is 415. The Kier molecular flexibility index (Phi) is 4.49. The molecule has 1 saturated heterocycles. The molecule has 1 N–H and O–H groups in total. The van der Waals surface area contributed by atoms with Gasteiger partial charge in [0.25, 0.3) is 0 Å². The minimum absolute atomic E-state index is 0.877. The van der Waals surface area contributed by atoms with Crippen LogP contribution in [0, 0.1) is 11.8 Å². The Hall–Kier alpha value is -1.18. The summed E-state index contributed by atoms with van der Waals surface area (Å²) < 4.78 is 0. The Labute approximate surface area is 123 Å². The Balaban J connectivity index is 1.53. The topological polar surface area (TPSA) is 15.3 Å². The number of hydrogen-bond donors (Lipinski definition) is 1. The highest BCUT2D eigenvalue weighted by molar-refractivity contribution is 5.58. The lowest BCUT2D eigenvalue weighted by atomic mass is 9.83. The first-order valence-corrected chi connectivity index (χ1v) is 8.40. The molecule has 2 aliphatic rings. The molecule has 2 nitrogen and oxygen atoms in total. The molecule has 0 radical (unpaired) electrons. The Morgan fingerprint density at radius 3 is 2.60 bits per heavy atom. The zero-order valence-corrected chi connectivity index (χ0v) is 12.8. The van der Waals surface area contributed by atoms with E-state index in [1.807, 2.05) is 0 Å². The van der Waals surface area contributed by atoms with Gasteiger partial charge in [0.2, 0.25) is 0 Å². The molecule has 0 atom stereocenters. The molecular formula is C18H28N2. The van der Waals surface area contributed by atoms with Gasteiger partial charge in [-0.3, -0.25) is 0 Å². The van der Waals surface area contributed by atoms with E-state index in [1.54, 1.807) is 0 Å². The monoisotopic (exact) mass is 272 g/mol. The number of nitrogens with one attached hydrogen (secondary N) is 1. The fourth-order valence-electron chi connectivity index (χ4n) is 3.58. The molecule has 1 saturated carbocycles. The molecule has 0 unspecified atom stereocenters. The summed E-state index contributed by atoms with van der Waals surface area (Å²) in [7, 11) is 0. The highest BCUT2D eigenvalue weighted by atomic mass is 15.1. The van der Waals surface area contributed by atoms with Gasteiger partial charge in [0.05, 0.1) is 0 Å². The number of nitrogens with zero attached hydrogens (tertiary/aromatic N) is 1. The van der Waals surface area contributed by atoms with Gasteiger partial charge in [-0.05, 0) is 55.7 Å². The maximum atomic E-state index is 3.67. The highest BCUT2D eigenvalue weighted by Gasteiger charge is 2.18. The third kappa shape index (κ3) is 3.47. The lowest BCUT2D eigenvalue weighted by Crippen LogP contribution is -2.20. The standard InChI is InChI=1S/C18H28N2/c1-15-7-9-16(10-8-15)14-19-17-5-4-6-18(13-17)20-11-2-3-12-20/h4-6,13,15-16,19H,2-3,7-12,14H2,1H3. The Morgan fingerprint density at radius 2 is 1.85 bits per heavy atom. The van der Waals surface area contributed by atoms with Crippen molar-refractivity contribution in [3.05, 3.63) is 24.3 Å². The maximum absolute atomic E-state index is 3.67. The Morgan fingerprint density at radius 1 is 1.10 bits per heavy atom. The van der Waals surface area contributed by atoms with Crippen molar-refractivity contribution in [2.75, 3.05) is 29.9 Å². The molecular weight excluding hydrogens is 244 g/mol. The molecule has 0 bridgehead atoms. The van der Waals surface area contributed by atoms with Gasteiger partial charge in [-0.1, -0.05) is 25.8 Å². The van der Waals surface area contributed by atoms with Gasteiger partial charge in [0.1, 0.15) is 0 Å². The smallest absolute Gasteiger partial charge is 0.0386 e. The molecule has 1 aliphatic carbocycles. The van der Waals surface area contributed by atoms with Crippen molar-refractivity contribution in [1.82, 2.24) is 0 Å². The van der Waals surface area contributed by atoms with Crippen molar-refractivity contribution in [1.29, 1.82) is 0 Å². The van der Waals surface area contributed by atoms with E-state index in [0.717, 1.165) is 18.4 Å². The molecule has 2 fully saturated rings. The number of anilines is 2. The molecule has 110 valence electrons. The van der Waals surface area contributed by atoms with E-state index < -0.39 is 0 Å². The van der Waals surface area contributed by atoms with Gasteiger partial charge < -0.3 is 10.2 Å². The highest BCUT2D eigenvalue weighted by Crippen LogP contribution is 2.29. The minimum Gasteiger partial charge on any atom is -0.385 e. The molecule has 2 heteroatoms. The van der Waals surface area contributed by atoms with Crippen LogP contribution in [0.5, 0.6) is 0 Å². The molecule has 0 spiro atoms. The van der Waals surface area contributed by atoms with E-state index in [-0.39, 0.29) is 0 Å². The molecule has 0 aromatic heterocycles. The van der Waals surface area contributed by atoms with Crippen LogP contribution < -0.4 is 10.2 Å². The molecule has 20 heavy (non-hydrogen) atoms. The normalized spacial score (nSPS) is 26.8. The van der Waals surface area contributed by atoms with Crippen molar-refractivity contribution < 1.29 is 0 Å². The summed E-state index contributed by atoms with van der Waals surface area (Å²) in [4.78, 5) is 2.51. The van der Waals surface area contributed by atoms with Gasteiger partial charge in [0, 0.05) is 31.0 Å².